The number of aliphatic hydroxyl groups excluding tert-OH is 2. The Balaban J connectivity index is 1.92. The van der Waals surface area contributed by atoms with Gasteiger partial charge in [0.25, 0.3) is 0 Å². The fourth-order valence-electron chi connectivity index (χ4n) is 2.12. The summed E-state index contributed by atoms with van der Waals surface area (Å²) in [6.45, 7) is 0.454. The van der Waals surface area contributed by atoms with Crippen molar-refractivity contribution in [1.82, 2.24) is 0 Å². The lowest BCUT2D eigenvalue weighted by Crippen LogP contribution is -2.40. The summed E-state index contributed by atoms with van der Waals surface area (Å²) in [7, 11) is 1.65. The Kier molecular flexibility index (Phi) is 5.15. The van der Waals surface area contributed by atoms with Gasteiger partial charge in [0.05, 0.1) is 25.4 Å². The SMILES string of the molecule is COCc1ccc(O[C@H]2CC(O)C[C@@H](CO)O2)cc1. The van der Waals surface area contributed by atoms with Crippen molar-refractivity contribution in [2.24, 2.45) is 0 Å². The maximum atomic E-state index is 9.69. The molecular weight excluding hydrogens is 248 g/mol. The highest BCUT2D eigenvalue weighted by atomic mass is 16.7. The van der Waals surface area contributed by atoms with Crippen LogP contribution in [0.25, 0.3) is 0 Å². The minimum absolute atomic E-state index is 0.107. The van der Waals surface area contributed by atoms with Gasteiger partial charge in [-0.05, 0) is 17.7 Å². The predicted molar refractivity (Wildman–Crippen MR) is 68.8 cm³/mol. The zero-order valence-corrected chi connectivity index (χ0v) is 11.0. The van der Waals surface area contributed by atoms with Gasteiger partial charge in [-0.3, -0.25) is 0 Å². The molecule has 1 heterocycles. The van der Waals surface area contributed by atoms with Gasteiger partial charge in [0, 0.05) is 20.0 Å². The second kappa shape index (κ2) is 6.86. The van der Waals surface area contributed by atoms with Gasteiger partial charge in [0.2, 0.25) is 6.29 Å². The molecule has 0 aliphatic carbocycles. The van der Waals surface area contributed by atoms with Gasteiger partial charge in [0.1, 0.15) is 5.75 Å². The van der Waals surface area contributed by atoms with Crippen LogP contribution in [0, 0.1) is 0 Å². The summed E-state index contributed by atoms with van der Waals surface area (Å²) >= 11 is 0. The summed E-state index contributed by atoms with van der Waals surface area (Å²) in [6.07, 6.45) is -0.515. The Morgan fingerprint density at radius 1 is 1.26 bits per heavy atom. The van der Waals surface area contributed by atoms with E-state index < -0.39 is 12.4 Å². The summed E-state index contributed by atoms with van der Waals surface area (Å²) in [4.78, 5) is 0. The molecule has 5 heteroatoms. The molecule has 3 atom stereocenters. The van der Waals surface area contributed by atoms with Crippen molar-refractivity contribution in [2.45, 2.75) is 37.9 Å². The Morgan fingerprint density at radius 2 is 2.00 bits per heavy atom. The standard InChI is InChI=1S/C14H20O5/c1-17-9-10-2-4-12(5-3-10)18-14-7-11(16)6-13(8-15)19-14/h2-5,11,13-16H,6-9H2,1H3/t11?,13-,14+/m0/s1. The number of benzene rings is 1. The largest absolute Gasteiger partial charge is 0.465 e. The molecule has 2 rings (SSSR count). The highest BCUT2D eigenvalue weighted by Gasteiger charge is 2.29. The molecule has 2 N–H and O–H groups in total. The topological polar surface area (TPSA) is 68.2 Å². The number of aliphatic hydroxyl groups is 2. The van der Waals surface area contributed by atoms with E-state index in [4.69, 9.17) is 19.3 Å². The fourth-order valence-corrected chi connectivity index (χ4v) is 2.12. The third-order valence-corrected chi connectivity index (χ3v) is 3.05. The Bertz CT molecular complexity index is 378. The molecule has 0 aromatic heterocycles. The van der Waals surface area contributed by atoms with E-state index >= 15 is 0 Å². The predicted octanol–water partition coefficient (Wildman–Crippen LogP) is 1.07. The van der Waals surface area contributed by atoms with Crippen molar-refractivity contribution >= 4 is 0 Å². The number of methoxy groups -OCH3 is 1. The molecule has 1 saturated heterocycles. The van der Waals surface area contributed by atoms with Crippen LogP contribution in [-0.2, 0) is 16.1 Å². The van der Waals surface area contributed by atoms with Gasteiger partial charge < -0.3 is 24.4 Å². The van der Waals surface area contributed by atoms with Crippen molar-refractivity contribution in [1.29, 1.82) is 0 Å². The normalized spacial score (nSPS) is 27.2. The van der Waals surface area contributed by atoms with Crippen LogP contribution in [-0.4, -0.2) is 42.4 Å². The molecule has 1 aliphatic heterocycles. The van der Waals surface area contributed by atoms with Gasteiger partial charge in [-0.15, -0.1) is 0 Å². The Morgan fingerprint density at radius 3 is 2.63 bits per heavy atom. The van der Waals surface area contributed by atoms with Crippen LogP contribution in [0.1, 0.15) is 18.4 Å². The van der Waals surface area contributed by atoms with Crippen LogP contribution in [0.3, 0.4) is 0 Å². The average molecular weight is 268 g/mol. The molecule has 0 spiro atoms. The van der Waals surface area contributed by atoms with E-state index in [-0.39, 0.29) is 12.7 Å². The first-order chi connectivity index (χ1) is 9.21. The van der Waals surface area contributed by atoms with Gasteiger partial charge in [-0.2, -0.15) is 0 Å². The van der Waals surface area contributed by atoms with E-state index in [1.807, 2.05) is 24.3 Å². The third kappa shape index (κ3) is 4.18. The molecule has 1 unspecified atom stereocenters. The number of hydrogen-bond donors (Lipinski definition) is 2. The lowest BCUT2D eigenvalue weighted by atomic mass is 10.1. The number of rotatable bonds is 5. The lowest BCUT2D eigenvalue weighted by molar-refractivity contribution is -0.184. The van der Waals surface area contributed by atoms with Gasteiger partial charge in [-0.25, -0.2) is 0 Å². The maximum Gasteiger partial charge on any atom is 0.202 e. The van der Waals surface area contributed by atoms with Gasteiger partial charge in [0.15, 0.2) is 0 Å². The van der Waals surface area contributed by atoms with Crippen molar-refractivity contribution in [3.05, 3.63) is 29.8 Å². The van der Waals surface area contributed by atoms with Gasteiger partial charge in [-0.1, -0.05) is 12.1 Å². The molecule has 1 aliphatic rings. The minimum Gasteiger partial charge on any atom is -0.465 e. The first kappa shape index (κ1) is 14.3. The quantitative estimate of drug-likeness (QED) is 0.836. The fraction of sp³-hybridized carbons (Fsp3) is 0.571. The zero-order valence-electron chi connectivity index (χ0n) is 11.0. The summed E-state index contributed by atoms with van der Waals surface area (Å²) in [5, 5.41) is 18.8. The third-order valence-electron chi connectivity index (χ3n) is 3.05. The monoisotopic (exact) mass is 268 g/mol. The van der Waals surface area contributed by atoms with E-state index in [9.17, 15) is 5.11 Å². The summed E-state index contributed by atoms with van der Waals surface area (Å²) in [5.74, 6) is 0.677. The van der Waals surface area contributed by atoms with Crippen molar-refractivity contribution in [3.8, 4) is 5.75 Å². The Hall–Kier alpha value is -1.14. The summed E-state index contributed by atoms with van der Waals surface area (Å²) < 4.78 is 16.2. The van der Waals surface area contributed by atoms with Crippen LogP contribution >= 0.6 is 0 Å². The molecule has 1 aromatic carbocycles. The summed E-state index contributed by atoms with van der Waals surface area (Å²) in [6, 6.07) is 7.52. The van der Waals surface area contributed by atoms with Crippen LogP contribution < -0.4 is 4.74 Å². The molecule has 0 bridgehead atoms. The van der Waals surface area contributed by atoms with Crippen molar-refractivity contribution < 1.29 is 24.4 Å². The minimum atomic E-state index is -0.519. The molecular formula is C14H20O5. The lowest BCUT2D eigenvalue weighted by Gasteiger charge is -2.32. The summed E-state index contributed by atoms with van der Waals surface area (Å²) in [5.41, 5.74) is 1.06. The Labute approximate surface area is 112 Å². The average Bonchev–Trinajstić information content (AvgIpc) is 2.40. The second-order valence-corrected chi connectivity index (χ2v) is 4.69. The van der Waals surface area contributed by atoms with Crippen LogP contribution in [0.15, 0.2) is 24.3 Å². The number of ether oxygens (including phenoxy) is 3. The molecule has 0 amide bonds. The van der Waals surface area contributed by atoms with E-state index in [2.05, 4.69) is 0 Å². The second-order valence-electron chi connectivity index (χ2n) is 4.69. The van der Waals surface area contributed by atoms with E-state index in [0.29, 0.717) is 25.2 Å². The molecule has 0 saturated carbocycles. The molecule has 5 nitrogen and oxygen atoms in total. The molecule has 0 radical (unpaired) electrons. The zero-order chi connectivity index (χ0) is 13.7. The van der Waals surface area contributed by atoms with Crippen molar-refractivity contribution in [3.63, 3.8) is 0 Å². The first-order valence-corrected chi connectivity index (χ1v) is 6.40. The van der Waals surface area contributed by atoms with Crippen LogP contribution in [0.2, 0.25) is 0 Å². The van der Waals surface area contributed by atoms with Crippen molar-refractivity contribution in [2.75, 3.05) is 13.7 Å². The molecule has 19 heavy (non-hydrogen) atoms. The van der Waals surface area contributed by atoms with E-state index in [1.54, 1.807) is 7.11 Å². The molecule has 1 fully saturated rings. The molecule has 1 aromatic rings. The van der Waals surface area contributed by atoms with E-state index in [1.165, 1.54) is 0 Å². The highest BCUT2D eigenvalue weighted by molar-refractivity contribution is 5.27. The van der Waals surface area contributed by atoms with Crippen LogP contribution in [0.4, 0.5) is 0 Å². The van der Waals surface area contributed by atoms with E-state index in [0.717, 1.165) is 5.56 Å². The van der Waals surface area contributed by atoms with Gasteiger partial charge >= 0.3 is 0 Å². The number of hydrogen-bond acceptors (Lipinski definition) is 5. The highest BCUT2D eigenvalue weighted by Crippen LogP contribution is 2.23. The first-order valence-electron chi connectivity index (χ1n) is 6.40. The smallest absolute Gasteiger partial charge is 0.202 e. The van der Waals surface area contributed by atoms with Crippen LogP contribution in [0.5, 0.6) is 5.75 Å². The maximum absolute atomic E-state index is 9.69. The molecule has 106 valence electrons.